The summed E-state index contributed by atoms with van der Waals surface area (Å²) < 4.78 is 0. The molecule has 0 aliphatic heterocycles. The molecule has 0 aromatic carbocycles. The Morgan fingerprint density at radius 1 is 1.07 bits per heavy atom. The lowest BCUT2D eigenvalue weighted by Crippen LogP contribution is -2.21. The highest BCUT2D eigenvalue weighted by molar-refractivity contribution is 8.16. The summed E-state index contributed by atoms with van der Waals surface area (Å²) in [5.74, 6) is 0.621. The molecule has 0 saturated heterocycles. The van der Waals surface area contributed by atoms with Gasteiger partial charge in [0.15, 0.2) is 0 Å². The maximum Gasteiger partial charge on any atom is 0.274 e. The zero-order valence-electron chi connectivity index (χ0n) is 8.48. The first-order chi connectivity index (χ1) is 6.56. The van der Waals surface area contributed by atoms with Gasteiger partial charge in [0.1, 0.15) is 0 Å². The molecule has 5 N–H and O–H groups in total. The minimum atomic E-state index is -3.55. The maximum atomic E-state index is 8.67. The SMILES string of the molecule is CNCCCNCCC[SH]=P(O)(O)O. The number of thiol groups is 1. The highest BCUT2D eigenvalue weighted by atomic mass is 32.5. The van der Waals surface area contributed by atoms with Crippen molar-refractivity contribution in [3.05, 3.63) is 0 Å². The van der Waals surface area contributed by atoms with E-state index in [0.717, 1.165) is 32.5 Å². The largest absolute Gasteiger partial charge is 0.329 e. The van der Waals surface area contributed by atoms with E-state index in [1.165, 1.54) is 0 Å². The van der Waals surface area contributed by atoms with Crippen LogP contribution in [0.4, 0.5) is 0 Å². The van der Waals surface area contributed by atoms with Crippen LogP contribution in [0.15, 0.2) is 0 Å². The van der Waals surface area contributed by atoms with E-state index >= 15 is 0 Å². The van der Waals surface area contributed by atoms with Crippen LogP contribution in [-0.4, -0.2) is 47.1 Å². The highest BCUT2D eigenvalue weighted by Gasteiger charge is 1.98. The van der Waals surface area contributed by atoms with Gasteiger partial charge in [-0.1, -0.05) is 0 Å². The predicted octanol–water partition coefficient (Wildman–Crippen LogP) is -0.955. The van der Waals surface area contributed by atoms with Crippen LogP contribution in [0.25, 0.3) is 0 Å². The van der Waals surface area contributed by atoms with Gasteiger partial charge in [-0.25, -0.2) is 0 Å². The summed E-state index contributed by atoms with van der Waals surface area (Å²) in [6, 6.07) is 0. The van der Waals surface area contributed by atoms with Gasteiger partial charge >= 0.3 is 0 Å². The second-order valence-electron chi connectivity index (χ2n) is 2.96. The van der Waals surface area contributed by atoms with Crippen molar-refractivity contribution < 1.29 is 14.7 Å². The van der Waals surface area contributed by atoms with E-state index < -0.39 is 6.72 Å². The van der Waals surface area contributed by atoms with E-state index in [1.54, 1.807) is 0 Å². The topological polar surface area (TPSA) is 84.8 Å². The molecule has 0 heterocycles. The Hall–Kier alpha value is 0.580. The minimum Gasteiger partial charge on any atom is -0.329 e. The first-order valence-electron chi connectivity index (χ1n) is 4.68. The van der Waals surface area contributed by atoms with Crippen molar-refractivity contribution in [2.75, 3.05) is 32.4 Å². The third-order valence-electron chi connectivity index (χ3n) is 1.58. The molecule has 0 fully saturated rings. The molecule has 0 aromatic heterocycles. The van der Waals surface area contributed by atoms with Crippen molar-refractivity contribution >= 4 is 17.7 Å². The fourth-order valence-electron chi connectivity index (χ4n) is 0.924. The van der Waals surface area contributed by atoms with Crippen molar-refractivity contribution in [3.63, 3.8) is 0 Å². The summed E-state index contributed by atoms with van der Waals surface area (Å²) in [6.45, 7) is -0.718. The quantitative estimate of drug-likeness (QED) is 0.188. The Bertz CT molecular complexity index is 178. The van der Waals surface area contributed by atoms with Gasteiger partial charge in [0, 0.05) is 0 Å². The zero-order valence-corrected chi connectivity index (χ0v) is 10.3. The highest BCUT2D eigenvalue weighted by Crippen LogP contribution is 2.30. The van der Waals surface area contributed by atoms with Gasteiger partial charge in [0.2, 0.25) is 0 Å². The van der Waals surface area contributed by atoms with Crippen LogP contribution in [0.5, 0.6) is 0 Å². The molecule has 0 unspecified atom stereocenters. The second kappa shape index (κ2) is 8.85. The van der Waals surface area contributed by atoms with E-state index in [-0.39, 0.29) is 0 Å². The Morgan fingerprint density at radius 3 is 2.29 bits per heavy atom. The molecule has 88 valence electrons. The van der Waals surface area contributed by atoms with Gasteiger partial charge in [-0.2, -0.15) is 0 Å². The van der Waals surface area contributed by atoms with Crippen molar-refractivity contribution in [2.45, 2.75) is 12.8 Å². The standard InChI is InChI=1S/C7H21N2O3PS/c1-8-4-2-5-9-6-3-7-14-13(10,11)12/h8-12,14H,2-7H2,1H3. The number of rotatable bonds is 8. The molecule has 0 rings (SSSR count). The molecular weight excluding hydrogens is 223 g/mol. The number of nitrogens with one attached hydrogen (secondary N) is 2. The lowest BCUT2D eigenvalue weighted by molar-refractivity contribution is 0.363. The lowest BCUT2D eigenvalue weighted by Gasteiger charge is -2.04. The molecule has 0 saturated carbocycles. The fourth-order valence-corrected chi connectivity index (χ4v) is 2.72. The van der Waals surface area contributed by atoms with Crippen molar-refractivity contribution in [1.29, 1.82) is 0 Å². The van der Waals surface area contributed by atoms with Crippen LogP contribution < -0.4 is 10.6 Å². The molecule has 0 spiro atoms. The van der Waals surface area contributed by atoms with E-state index in [4.69, 9.17) is 14.7 Å². The lowest BCUT2D eigenvalue weighted by atomic mass is 10.4. The molecule has 5 nitrogen and oxygen atoms in total. The Morgan fingerprint density at radius 2 is 1.71 bits per heavy atom. The van der Waals surface area contributed by atoms with E-state index in [2.05, 4.69) is 10.6 Å². The zero-order chi connectivity index (χ0) is 10.9. The Balaban J connectivity index is 3.15. The third-order valence-corrected chi connectivity index (χ3v) is 4.22. The molecule has 0 atom stereocenters. The summed E-state index contributed by atoms with van der Waals surface area (Å²) in [5, 5.41) is 6.28. The Kier molecular flexibility index (Phi) is 9.22. The van der Waals surface area contributed by atoms with Crippen molar-refractivity contribution in [3.8, 4) is 0 Å². The number of hydrogen-bond donors (Lipinski definition) is 6. The van der Waals surface area contributed by atoms with Crippen LogP contribution in [0, 0.1) is 0 Å². The second-order valence-corrected chi connectivity index (χ2v) is 7.22. The van der Waals surface area contributed by atoms with Crippen molar-refractivity contribution in [2.24, 2.45) is 0 Å². The molecule has 0 aliphatic carbocycles. The van der Waals surface area contributed by atoms with Gasteiger partial charge in [0.05, 0.1) is 0 Å². The van der Waals surface area contributed by atoms with E-state index in [1.807, 2.05) is 7.05 Å². The monoisotopic (exact) mass is 244 g/mol. The van der Waals surface area contributed by atoms with Gasteiger partial charge in [-0.15, -0.1) is 10.9 Å². The normalized spacial score (nSPS) is 12.0. The minimum absolute atomic E-state index is 0.353. The smallest absolute Gasteiger partial charge is 0.274 e. The van der Waals surface area contributed by atoms with Crippen LogP contribution in [0.3, 0.4) is 0 Å². The molecule has 0 bridgehead atoms. The molecule has 0 radical (unpaired) electrons. The van der Waals surface area contributed by atoms with Crippen LogP contribution >= 0.6 is 6.72 Å². The van der Waals surface area contributed by atoms with Crippen LogP contribution in [-0.2, 0) is 10.9 Å². The summed E-state index contributed by atoms with van der Waals surface area (Å²) >= 11 is 0. The third kappa shape index (κ3) is 12.6. The van der Waals surface area contributed by atoms with Crippen molar-refractivity contribution in [1.82, 2.24) is 10.6 Å². The van der Waals surface area contributed by atoms with E-state index in [9.17, 15) is 0 Å². The summed E-state index contributed by atoms with van der Waals surface area (Å²) in [5.41, 5.74) is 0. The summed E-state index contributed by atoms with van der Waals surface area (Å²) in [4.78, 5) is 26.0. The molecular formula is C7H21N2O3PS. The maximum absolute atomic E-state index is 8.67. The predicted molar refractivity (Wildman–Crippen MR) is 63.2 cm³/mol. The summed E-state index contributed by atoms with van der Waals surface area (Å²) in [7, 11) is 2.28. The molecule has 7 heteroatoms. The van der Waals surface area contributed by atoms with Crippen LogP contribution in [0.2, 0.25) is 0 Å². The van der Waals surface area contributed by atoms with E-state index in [0.29, 0.717) is 16.7 Å². The molecule has 0 aliphatic rings. The number of hydrogen-bond acceptors (Lipinski definition) is 2. The first-order valence-corrected chi connectivity index (χ1v) is 8.11. The molecule has 0 aromatic rings. The molecule has 14 heavy (non-hydrogen) atoms. The first kappa shape index (κ1) is 14.6. The van der Waals surface area contributed by atoms with Gasteiger partial charge in [0.25, 0.3) is 6.72 Å². The summed E-state index contributed by atoms with van der Waals surface area (Å²) in [6.07, 6.45) is 1.94. The Labute approximate surface area is 88.8 Å². The van der Waals surface area contributed by atoms with Gasteiger partial charge in [-0.05, 0) is 45.3 Å². The van der Waals surface area contributed by atoms with Gasteiger partial charge < -0.3 is 25.3 Å². The average molecular weight is 244 g/mol. The van der Waals surface area contributed by atoms with Gasteiger partial charge in [-0.3, -0.25) is 0 Å². The fraction of sp³-hybridized carbons (Fsp3) is 1.00. The average Bonchev–Trinajstić information content (AvgIpc) is 2.08. The van der Waals surface area contributed by atoms with Crippen LogP contribution in [0.1, 0.15) is 12.8 Å². The molecule has 0 amide bonds.